The topological polar surface area (TPSA) is 51.0 Å². The monoisotopic (exact) mass is 260 g/mol. The number of benzene rings is 1. The van der Waals surface area contributed by atoms with Crippen LogP contribution in [0.4, 0.5) is 4.39 Å². The Bertz CT molecular complexity index is 587. The van der Waals surface area contributed by atoms with Gasteiger partial charge in [-0.15, -0.1) is 5.10 Å². The van der Waals surface area contributed by atoms with Gasteiger partial charge < -0.3 is 4.90 Å². The molecule has 0 aliphatic carbocycles. The van der Waals surface area contributed by atoms with Crippen molar-refractivity contribution in [2.45, 2.75) is 12.8 Å². The van der Waals surface area contributed by atoms with Crippen molar-refractivity contribution in [1.82, 2.24) is 19.9 Å². The molecule has 1 aromatic heterocycles. The Balaban J connectivity index is 1.82. The van der Waals surface area contributed by atoms with Crippen LogP contribution in [0.15, 0.2) is 30.5 Å². The fraction of sp³-hybridized carbons (Fsp3) is 0.308. The first kappa shape index (κ1) is 11.8. The van der Waals surface area contributed by atoms with Gasteiger partial charge in [0.05, 0.1) is 11.9 Å². The number of halogens is 1. The van der Waals surface area contributed by atoms with Gasteiger partial charge in [0.15, 0.2) is 5.69 Å². The zero-order valence-electron chi connectivity index (χ0n) is 10.3. The maximum atomic E-state index is 12.8. The summed E-state index contributed by atoms with van der Waals surface area (Å²) < 4.78 is 14.3. The van der Waals surface area contributed by atoms with Gasteiger partial charge in [0.2, 0.25) is 0 Å². The second kappa shape index (κ2) is 4.79. The minimum absolute atomic E-state index is 0.0918. The highest BCUT2D eigenvalue weighted by Crippen LogP contribution is 2.13. The summed E-state index contributed by atoms with van der Waals surface area (Å²) in [5.41, 5.74) is 1.00. The molecule has 1 aliphatic heterocycles. The molecule has 1 aromatic carbocycles. The Kier molecular flexibility index (Phi) is 2.98. The maximum Gasteiger partial charge on any atom is 0.276 e. The zero-order chi connectivity index (χ0) is 13.2. The van der Waals surface area contributed by atoms with Crippen LogP contribution < -0.4 is 0 Å². The van der Waals surface area contributed by atoms with E-state index in [1.54, 1.807) is 23.2 Å². The molecule has 1 fully saturated rings. The average Bonchev–Trinajstić information content (AvgIpc) is 3.10. The minimum Gasteiger partial charge on any atom is -0.337 e. The largest absolute Gasteiger partial charge is 0.337 e. The molecule has 19 heavy (non-hydrogen) atoms. The van der Waals surface area contributed by atoms with Crippen LogP contribution in [0.3, 0.4) is 0 Å². The van der Waals surface area contributed by atoms with E-state index in [1.165, 1.54) is 16.8 Å². The van der Waals surface area contributed by atoms with Crippen LogP contribution >= 0.6 is 0 Å². The molecule has 2 aromatic rings. The van der Waals surface area contributed by atoms with Gasteiger partial charge in [-0.1, -0.05) is 5.21 Å². The standard InChI is InChI=1S/C13H13FN4O/c14-10-3-5-11(6-4-10)18-9-12(15-16-18)13(19)17-7-1-2-8-17/h3-6,9H,1-2,7-8H2. The molecule has 0 bridgehead atoms. The predicted molar refractivity (Wildman–Crippen MR) is 66.5 cm³/mol. The molecule has 0 spiro atoms. The average molecular weight is 260 g/mol. The summed E-state index contributed by atoms with van der Waals surface area (Å²) in [6.07, 6.45) is 3.66. The lowest BCUT2D eigenvalue weighted by Crippen LogP contribution is -2.27. The van der Waals surface area contributed by atoms with Gasteiger partial charge in [0.1, 0.15) is 5.82 Å². The van der Waals surface area contributed by atoms with E-state index in [0.717, 1.165) is 25.9 Å². The summed E-state index contributed by atoms with van der Waals surface area (Å²) in [5.74, 6) is -0.400. The highest BCUT2D eigenvalue weighted by Gasteiger charge is 2.22. The normalized spacial score (nSPS) is 14.9. The molecule has 0 radical (unpaired) electrons. The van der Waals surface area contributed by atoms with E-state index in [4.69, 9.17) is 0 Å². The minimum atomic E-state index is -0.308. The molecule has 1 aliphatic rings. The van der Waals surface area contributed by atoms with Crippen LogP contribution in [-0.4, -0.2) is 38.9 Å². The molecule has 1 saturated heterocycles. The third-order valence-corrected chi connectivity index (χ3v) is 3.20. The molecule has 6 heteroatoms. The van der Waals surface area contributed by atoms with Gasteiger partial charge in [0.25, 0.3) is 5.91 Å². The molecular formula is C13H13FN4O. The number of hydrogen-bond acceptors (Lipinski definition) is 3. The van der Waals surface area contributed by atoms with E-state index < -0.39 is 0 Å². The second-order valence-electron chi connectivity index (χ2n) is 4.52. The number of nitrogens with zero attached hydrogens (tertiary/aromatic N) is 4. The van der Waals surface area contributed by atoms with E-state index in [9.17, 15) is 9.18 Å². The predicted octanol–water partition coefficient (Wildman–Crippen LogP) is 1.64. The van der Waals surface area contributed by atoms with Crippen molar-refractivity contribution in [2.75, 3.05) is 13.1 Å². The lowest BCUT2D eigenvalue weighted by atomic mass is 10.3. The van der Waals surface area contributed by atoms with Gasteiger partial charge in [-0.05, 0) is 37.1 Å². The van der Waals surface area contributed by atoms with Crippen molar-refractivity contribution < 1.29 is 9.18 Å². The second-order valence-corrected chi connectivity index (χ2v) is 4.52. The van der Waals surface area contributed by atoms with Crippen LogP contribution in [0.5, 0.6) is 0 Å². The van der Waals surface area contributed by atoms with Crippen molar-refractivity contribution in [3.05, 3.63) is 42.0 Å². The number of amides is 1. The van der Waals surface area contributed by atoms with Crippen molar-refractivity contribution >= 4 is 5.91 Å². The summed E-state index contributed by atoms with van der Waals surface area (Å²) in [6, 6.07) is 5.88. The first-order valence-electron chi connectivity index (χ1n) is 6.21. The summed E-state index contributed by atoms with van der Waals surface area (Å²) in [7, 11) is 0. The van der Waals surface area contributed by atoms with Gasteiger partial charge in [-0.3, -0.25) is 4.79 Å². The molecule has 0 atom stereocenters. The third kappa shape index (κ3) is 2.33. The first-order valence-corrected chi connectivity index (χ1v) is 6.21. The molecule has 5 nitrogen and oxygen atoms in total. The molecule has 0 unspecified atom stereocenters. The van der Waals surface area contributed by atoms with Crippen molar-refractivity contribution in [2.24, 2.45) is 0 Å². The van der Waals surface area contributed by atoms with E-state index in [0.29, 0.717) is 11.4 Å². The highest BCUT2D eigenvalue weighted by atomic mass is 19.1. The molecule has 98 valence electrons. The molecule has 0 saturated carbocycles. The Hall–Kier alpha value is -2.24. The zero-order valence-corrected chi connectivity index (χ0v) is 10.3. The van der Waals surface area contributed by atoms with E-state index in [-0.39, 0.29) is 11.7 Å². The van der Waals surface area contributed by atoms with Crippen molar-refractivity contribution in [3.63, 3.8) is 0 Å². The Morgan fingerprint density at radius 3 is 2.53 bits per heavy atom. The van der Waals surface area contributed by atoms with E-state index in [1.807, 2.05) is 0 Å². The van der Waals surface area contributed by atoms with E-state index in [2.05, 4.69) is 10.3 Å². The fourth-order valence-corrected chi connectivity index (χ4v) is 2.16. The molecule has 0 N–H and O–H groups in total. The van der Waals surface area contributed by atoms with Gasteiger partial charge in [-0.2, -0.15) is 0 Å². The number of rotatable bonds is 2. The van der Waals surface area contributed by atoms with Crippen LogP contribution in [0.2, 0.25) is 0 Å². The van der Waals surface area contributed by atoms with E-state index >= 15 is 0 Å². The third-order valence-electron chi connectivity index (χ3n) is 3.20. The van der Waals surface area contributed by atoms with Gasteiger partial charge in [0, 0.05) is 13.1 Å². The molecule has 3 rings (SSSR count). The quantitative estimate of drug-likeness (QED) is 0.824. The van der Waals surface area contributed by atoms with Crippen molar-refractivity contribution in [1.29, 1.82) is 0 Å². The summed E-state index contributed by atoms with van der Waals surface area (Å²) in [4.78, 5) is 13.9. The molecular weight excluding hydrogens is 247 g/mol. The number of carbonyl (C=O) groups excluding carboxylic acids is 1. The van der Waals surface area contributed by atoms with Crippen LogP contribution in [0, 0.1) is 5.82 Å². The molecule has 1 amide bonds. The Morgan fingerprint density at radius 2 is 1.84 bits per heavy atom. The van der Waals surface area contributed by atoms with Gasteiger partial charge in [-0.25, -0.2) is 9.07 Å². The number of aromatic nitrogens is 3. The summed E-state index contributed by atoms with van der Waals surface area (Å²) in [5, 5.41) is 7.79. The van der Waals surface area contributed by atoms with Crippen LogP contribution in [0.25, 0.3) is 5.69 Å². The number of likely N-dealkylation sites (tertiary alicyclic amines) is 1. The first-order chi connectivity index (χ1) is 9.24. The SMILES string of the molecule is O=C(c1cn(-c2ccc(F)cc2)nn1)N1CCCC1. The van der Waals surface area contributed by atoms with Crippen molar-refractivity contribution in [3.8, 4) is 5.69 Å². The smallest absolute Gasteiger partial charge is 0.276 e. The number of hydrogen-bond donors (Lipinski definition) is 0. The summed E-state index contributed by atoms with van der Waals surface area (Å²) >= 11 is 0. The van der Waals surface area contributed by atoms with Crippen LogP contribution in [0.1, 0.15) is 23.3 Å². The number of carbonyl (C=O) groups is 1. The Morgan fingerprint density at radius 1 is 1.16 bits per heavy atom. The highest BCUT2D eigenvalue weighted by molar-refractivity contribution is 5.92. The summed E-state index contributed by atoms with van der Waals surface area (Å²) in [6.45, 7) is 1.56. The van der Waals surface area contributed by atoms with Gasteiger partial charge >= 0.3 is 0 Å². The lowest BCUT2D eigenvalue weighted by molar-refractivity contribution is 0.0787. The van der Waals surface area contributed by atoms with Crippen LogP contribution in [-0.2, 0) is 0 Å². The maximum absolute atomic E-state index is 12.8. The Labute approximate surface area is 109 Å². The fourth-order valence-electron chi connectivity index (χ4n) is 2.16. The molecule has 2 heterocycles. The lowest BCUT2D eigenvalue weighted by Gasteiger charge is -2.12.